The highest BCUT2D eigenvalue weighted by atomic mass is 16.6. The Bertz CT molecular complexity index is 1830. The maximum atomic E-state index is 13.5. The van der Waals surface area contributed by atoms with Crippen molar-refractivity contribution in [1.82, 2.24) is 29.2 Å². The number of hydrogen-bond donors (Lipinski definition) is 1. The summed E-state index contributed by atoms with van der Waals surface area (Å²) in [4.78, 5) is 30.4. The molecule has 6 rings (SSSR count). The molecule has 12 heteroatoms. The molecule has 1 saturated carbocycles. The molecule has 0 bridgehead atoms. The predicted octanol–water partition coefficient (Wildman–Crippen LogP) is 5.73. The van der Waals surface area contributed by atoms with Crippen LogP contribution in [-0.4, -0.2) is 86.1 Å². The number of piperazine rings is 1. The molecule has 1 aromatic carbocycles. The molecule has 1 aliphatic carbocycles. The minimum Gasteiger partial charge on any atom is -0.444 e. The third-order valence-corrected chi connectivity index (χ3v) is 9.45. The molecule has 0 spiro atoms. The van der Waals surface area contributed by atoms with E-state index >= 15 is 0 Å². The summed E-state index contributed by atoms with van der Waals surface area (Å²) < 4.78 is 15.0. The molecule has 1 N–H and O–H groups in total. The van der Waals surface area contributed by atoms with E-state index in [-0.39, 0.29) is 18.0 Å². The fourth-order valence-corrected chi connectivity index (χ4v) is 6.69. The molecule has 4 aromatic rings. The summed E-state index contributed by atoms with van der Waals surface area (Å²) in [5, 5.41) is 22.5. The SMILES string of the molecule is COC(C)(C)c1cc2nn(C3CCC(N4CCN(C(=O)OC(C)(C)C)CC4)CC3)cc2cc1NC(=O)c1ccc2cc(C#N)cnn12. The predicted molar refractivity (Wildman–Crippen MR) is 178 cm³/mol. The zero-order chi connectivity index (χ0) is 33.5. The lowest BCUT2D eigenvalue weighted by Crippen LogP contribution is -2.53. The molecule has 0 atom stereocenters. The van der Waals surface area contributed by atoms with Gasteiger partial charge in [-0.15, -0.1) is 0 Å². The Morgan fingerprint density at radius 3 is 2.34 bits per heavy atom. The van der Waals surface area contributed by atoms with Gasteiger partial charge in [-0.05, 0) is 90.6 Å². The van der Waals surface area contributed by atoms with Gasteiger partial charge in [0.2, 0.25) is 0 Å². The monoisotopic (exact) mass is 640 g/mol. The van der Waals surface area contributed by atoms with Crippen molar-refractivity contribution < 1.29 is 19.1 Å². The summed E-state index contributed by atoms with van der Waals surface area (Å²) in [5.41, 5.74) is 2.61. The van der Waals surface area contributed by atoms with Crippen molar-refractivity contribution in [3.63, 3.8) is 0 Å². The largest absolute Gasteiger partial charge is 0.444 e. The lowest BCUT2D eigenvalue weighted by atomic mass is 9.90. The van der Waals surface area contributed by atoms with Crippen LogP contribution in [0, 0.1) is 11.3 Å². The van der Waals surface area contributed by atoms with Crippen molar-refractivity contribution in [3.05, 3.63) is 59.5 Å². The number of ether oxygens (including phenoxy) is 2. The first-order chi connectivity index (χ1) is 22.3. The van der Waals surface area contributed by atoms with Crippen LogP contribution >= 0.6 is 0 Å². The number of amides is 2. The minimum absolute atomic E-state index is 0.225. The van der Waals surface area contributed by atoms with Crippen LogP contribution in [0.15, 0.2) is 42.7 Å². The number of nitrogens with zero attached hydrogens (tertiary/aromatic N) is 7. The number of hydrogen-bond acceptors (Lipinski definition) is 8. The average molecular weight is 641 g/mol. The lowest BCUT2D eigenvalue weighted by molar-refractivity contribution is 0.00720. The summed E-state index contributed by atoms with van der Waals surface area (Å²) in [6, 6.07) is 12.0. The van der Waals surface area contributed by atoms with Gasteiger partial charge in [0.05, 0.1) is 34.4 Å². The quantitative estimate of drug-likeness (QED) is 0.283. The first-order valence-electron chi connectivity index (χ1n) is 16.3. The fraction of sp³-hybridized carbons (Fsp3) is 0.514. The van der Waals surface area contributed by atoms with Gasteiger partial charge in [0, 0.05) is 62.2 Å². The van der Waals surface area contributed by atoms with Crippen molar-refractivity contribution >= 4 is 34.1 Å². The van der Waals surface area contributed by atoms with Crippen LogP contribution in [0.1, 0.15) is 88.0 Å². The second kappa shape index (κ2) is 12.6. The molecule has 4 heterocycles. The molecule has 248 valence electrons. The van der Waals surface area contributed by atoms with Gasteiger partial charge < -0.3 is 19.7 Å². The number of carbonyl (C=O) groups excluding carboxylic acids is 2. The number of nitrogens with one attached hydrogen (secondary N) is 1. The van der Waals surface area contributed by atoms with Crippen molar-refractivity contribution in [2.45, 2.75) is 83.6 Å². The second-order valence-corrected chi connectivity index (χ2v) is 14.1. The van der Waals surface area contributed by atoms with Crippen LogP contribution in [0.3, 0.4) is 0 Å². The number of rotatable bonds is 6. The van der Waals surface area contributed by atoms with E-state index < -0.39 is 11.2 Å². The number of carbonyl (C=O) groups is 2. The van der Waals surface area contributed by atoms with Gasteiger partial charge >= 0.3 is 6.09 Å². The van der Waals surface area contributed by atoms with Gasteiger partial charge in [0.1, 0.15) is 17.4 Å². The number of benzene rings is 1. The van der Waals surface area contributed by atoms with Gasteiger partial charge in [-0.1, -0.05) is 0 Å². The van der Waals surface area contributed by atoms with Crippen molar-refractivity contribution in [2.24, 2.45) is 0 Å². The van der Waals surface area contributed by atoms with Gasteiger partial charge in [-0.3, -0.25) is 14.4 Å². The molecular formula is C35H44N8O4. The Morgan fingerprint density at radius 1 is 0.979 bits per heavy atom. The summed E-state index contributed by atoms with van der Waals surface area (Å²) in [5.74, 6) is -0.313. The van der Waals surface area contributed by atoms with E-state index in [1.165, 1.54) is 10.7 Å². The Morgan fingerprint density at radius 2 is 1.68 bits per heavy atom. The highest BCUT2D eigenvalue weighted by molar-refractivity contribution is 6.05. The van der Waals surface area contributed by atoms with E-state index in [0.717, 1.165) is 55.2 Å². The van der Waals surface area contributed by atoms with E-state index in [9.17, 15) is 14.9 Å². The molecule has 1 aliphatic heterocycles. The normalized spacial score (nSPS) is 19.6. The molecule has 0 unspecified atom stereocenters. The smallest absolute Gasteiger partial charge is 0.410 e. The molecule has 1 saturated heterocycles. The van der Waals surface area contributed by atoms with Gasteiger partial charge in [0.25, 0.3) is 5.91 Å². The third kappa shape index (κ3) is 6.82. The Balaban J connectivity index is 1.15. The summed E-state index contributed by atoms with van der Waals surface area (Å²) >= 11 is 0. The molecule has 2 fully saturated rings. The van der Waals surface area contributed by atoms with Crippen LogP contribution in [0.25, 0.3) is 16.4 Å². The molecule has 0 radical (unpaired) electrons. The number of aromatic nitrogens is 4. The maximum Gasteiger partial charge on any atom is 0.410 e. The molecule has 2 amide bonds. The van der Waals surface area contributed by atoms with Gasteiger partial charge in [-0.2, -0.15) is 15.5 Å². The molecular weight excluding hydrogens is 596 g/mol. The first kappa shape index (κ1) is 32.5. The van der Waals surface area contributed by atoms with E-state index in [1.807, 2.05) is 51.7 Å². The highest BCUT2D eigenvalue weighted by Gasteiger charge is 2.32. The topological polar surface area (TPSA) is 130 Å². The van der Waals surface area contributed by atoms with Crippen LogP contribution in [0.4, 0.5) is 10.5 Å². The average Bonchev–Trinajstić information content (AvgIpc) is 3.67. The summed E-state index contributed by atoms with van der Waals surface area (Å²) in [7, 11) is 1.65. The fourth-order valence-electron chi connectivity index (χ4n) is 6.69. The van der Waals surface area contributed by atoms with Gasteiger partial charge in [-0.25, -0.2) is 9.31 Å². The van der Waals surface area contributed by atoms with E-state index in [2.05, 4.69) is 32.3 Å². The molecule has 2 aliphatic rings. The standard InChI is InChI=1S/C35H44N8O4/c1-34(2,3)47-33(45)41-15-13-40(14-16-41)25-7-9-26(10-8-25)42-22-24-18-30(28(19-29(24)39-42)35(4,5)46-6)38-32(44)31-12-11-27-17-23(20-36)21-37-43(27)31/h11-12,17-19,21-22,25-26H,7-10,13-16H2,1-6H3,(H,38,44). The maximum absolute atomic E-state index is 13.5. The van der Waals surface area contributed by atoms with Crippen molar-refractivity contribution in [2.75, 3.05) is 38.6 Å². The third-order valence-electron chi connectivity index (χ3n) is 9.45. The highest BCUT2D eigenvalue weighted by Crippen LogP contribution is 2.37. The Kier molecular flexibility index (Phi) is 8.72. The Labute approximate surface area is 275 Å². The van der Waals surface area contributed by atoms with Gasteiger partial charge in [0.15, 0.2) is 0 Å². The number of methoxy groups -OCH3 is 1. The van der Waals surface area contributed by atoms with Crippen molar-refractivity contribution in [3.8, 4) is 6.07 Å². The van der Waals surface area contributed by atoms with E-state index in [4.69, 9.17) is 14.6 Å². The van der Waals surface area contributed by atoms with E-state index in [1.54, 1.807) is 25.3 Å². The van der Waals surface area contributed by atoms with Crippen LogP contribution in [-0.2, 0) is 15.1 Å². The van der Waals surface area contributed by atoms with E-state index in [0.29, 0.717) is 41.6 Å². The van der Waals surface area contributed by atoms with Crippen LogP contribution in [0.2, 0.25) is 0 Å². The first-order valence-corrected chi connectivity index (χ1v) is 16.3. The van der Waals surface area contributed by atoms with Crippen molar-refractivity contribution in [1.29, 1.82) is 5.26 Å². The summed E-state index contributed by atoms with van der Waals surface area (Å²) in [6.07, 6.45) is 7.49. The molecule has 12 nitrogen and oxygen atoms in total. The Hall–Kier alpha value is -4.47. The molecule has 47 heavy (non-hydrogen) atoms. The number of anilines is 1. The molecule has 3 aromatic heterocycles. The number of fused-ring (bicyclic) bond motifs is 2. The number of nitriles is 1. The zero-order valence-electron chi connectivity index (χ0n) is 28.1. The summed E-state index contributed by atoms with van der Waals surface area (Å²) in [6.45, 7) is 12.7. The van der Waals surface area contributed by atoms with Crippen LogP contribution in [0.5, 0.6) is 0 Å². The zero-order valence-corrected chi connectivity index (χ0v) is 28.1. The second-order valence-electron chi connectivity index (χ2n) is 14.1. The minimum atomic E-state index is -0.687. The van der Waals surface area contributed by atoms with Crippen LogP contribution < -0.4 is 5.32 Å². The lowest BCUT2D eigenvalue weighted by Gasteiger charge is -2.42.